The van der Waals surface area contributed by atoms with E-state index in [0.29, 0.717) is 29.3 Å². The fourth-order valence-electron chi connectivity index (χ4n) is 3.06. The first-order valence-corrected chi connectivity index (χ1v) is 11.2. The minimum Gasteiger partial charge on any atom is -0.477 e. The van der Waals surface area contributed by atoms with Crippen molar-refractivity contribution >= 4 is 10.0 Å². The molecule has 6 nitrogen and oxygen atoms in total. The van der Waals surface area contributed by atoms with Crippen molar-refractivity contribution in [1.82, 2.24) is 4.98 Å². The van der Waals surface area contributed by atoms with Gasteiger partial charge >= 0.3 is 0 Å². The average Bonchev–Trinajstić information content (AvgIpc) is 2.73. The molecule has 7 heteroatoms. The second-order valence-corrected chi connectivity index (χ2v) is 8.55. The second-order valence-electron chi connectivity index (χ2n) is 6.99. The van der Waals surface area contributed by atoms with E-state index in [-0.39, 0.29) is 4.90 Å². The predicted molar refractivity (Wildman–Crippen MR) is 116 cm³/mol. The summed E-state index contributed by atoms with van der Waals surface area (Å²) in [5.41, 5.74) is 4.37. The van der Waals surface area contributed by atoms with Crippen LogP contribution in [0.4, 0.5) is 0 Å². The first-order valence-electron chi connectivity index (χ1n) is 9.61. The number of primary sulfonamides is 1. The van der Waals surface area contributed by atoms with Crippen molar-refractivity contribution < 1.29 is 13.2 Å². The number of rotatable bonds is 7. The highest BCUT2D eigenvalue weighted by atomic mass is 32.2. The van der Waals surface area contributed by atoms with Crippen molar-refractivity contribution in [1.29, 1.82) is 5.26 Å². The number of sulfonamides is 1. The van der Waals surface area contributed by atoms with Gasteiger partial charge in [0.25, 0.3) is 0 Å². The van der Waals surface area contributed by atoms with E-state index in [2.05, 4.69) is 18.0 Å². The van der Waals surface area contributed by atoms with Crippen molar-refractivity contribution in [2.75, 3.05) is 6.61 Å². The van der Waals surface area contributed by atoms with E-state index in [1.807, 2.05) is 31.2 Å². The number of benzene rings is 2. The Morgan fingerprint density at radius 1 is 1.10 bits per heavy atom. The Labute approximate surface area is 177 Å². The molecule has 0 aliphatic heterocycles. The summed E-state index contributed by atoms with van der Waals surface area (Å²) in [6.45, 7) is 4.54. The predicted octanol–water partition coefficient (Wildman–Crippen LogP) is 4.42. The van der Waals surface area contributed by atoms with E-state index in [1.54, 1.807) is 18.2 Å². The van der Waals surface area contributed by atoms with Gasteiger partial charge in [0, 0.05) is 11.1 Å². The maximum Gasteiger partial charge on any atom is 0.238 e. The monoisotopic (exact) mass is 421 g/mol. The van der Waals surface area contributed by atoms with Gasteiger partial charge in [-0.25, -0.2) is 18.5 Å². The van der Waals surface area contributed by atoms with Gasteiger partial charge in [0.1, 0.15) is 11.6 Å². The summed E-state index contributed by atoms with van der Waals surface area (Å²) in [6.07, 6.45) is 1.84. The molecule has 0 atom stereocenters. The molecule has 0 aliphatic rings. The van der Waals surface area contributed by atoms with Gasteiger partial charge in [-0.3, -0.25) is 0 Å². The van der Waals surface area contributed by atoms with Crippen LogP contribution in [-0.2, 0) is 10.0 Å². The van der Waals surface area contributed by atoms with Crippen LogP contribution >= 0.6 is 0 Å². The smallest absolute Gasteiger partial charge is 0.238 e. The van der Waals surface area contributed by atoms with E-state index in [4.69, 9.17) is 9.88 Å². The summed E-state index contributed by atoms with van der Waals surface area (Å²) in [5.74, 6) is 0.298. The van der Waals surface area contributed by atoms with Gasteiger partial charge in [-0.05, 0) is 43.2 Å². The third-order valence-electron chi connectivity index (χ3n) is 4.63. The summed E-state index contributed by atoms with van der Waals surface area (Å²) in [7, 11) is -3.79. The lowest BCUT2D eigenvalue weighted by atomic mass is 9.97. The standard InChI is InChI=1S/C23H23N3O3S/c1-3-4-12-29-23-19(15-24)14-21(17-8-10-20(11-9-17)30(25,27)28)22(26-23)18-7-5-6-16(2)13-18/h5-11,13-14H,3-4,12H2,1-2H3,(H2,25,27,28). The molecule has 0 amide bonds. The average molecular weight is 422 g/mol. The Morgan fingerprint density at radius 2 is 1.83 bits per heavy atom. The SMILES string of the molecule is CCCCOc1nc(-c2cccc(C)c2)c(-c2ccc(S(N)(=O)=O)cc2)cc1C#N. The molecular weight excluding hydrogens is 398 g/mol. The topological polar surface area (TPSA) is 106 Å². The molecule has 1 heterocycles. The number of nitrogens with zero attached hydrogens (tertiary/aromatic N) is 2. The second kappa shape index (κ2) is 9.08. The Hall–Kier alpha value is -3.21. The van der Waals surface area contributed by atoms with Crippen LogP contribution in [-0.4, -0.2) is 20.0 Å². The number of unbranched alkanes of at least 4 members (excludes halogenated alkanes) is 1. The van der Waals surface area contributed by atoms with E-state index >= 15 is 0 Å². The van der Waals surface area contributed by atoms with Gasteiger partial charge in [-0.2, -0.15) is 5.26 Å². The third kappa shape index (κ3) is 4.85. The van der Waals surface area contributed by atoms with Gasteiger partial charge in [0.2, 0.25) is 15.9 Å². The number of hydrogen-bond donors (Lipinski definition) is 1. The fourth-order valence-corrected chi connectivity index (χ4v) is 3.57. The first kappa shape index (κ1) is 21.5. The Kier molecular flexibility index (Phi) is 6.50. The largest absolute Gasteiger partial charge is 0.477 e. The van der Waals surface area contributed by atoms with Crippen LogP contribution in [0.3, 0.4) is 0 Å². The Bertz CT molecular complexity index is 1200. The quantitative estimate of drug-likeness (QED) is 0.568. The van der Waals surface area contributed by atoms with Crippen molar-refractivity contribution in [3.63, 3.8) is 0 Å². The van der Waals surface area contributed by atoms with Gasteiger partial charge in [0.05, 0.1) is 17.2 Å². The zero-order valence-corrected chi connectivity index (χ0v) is 17.7. The van der Waals surface area contributed by atoms with Crippen molar-refractivity contribution in [3.05, 3.63) is 65.7 Å². The van der Waals surface area contributed by atoms with E-state index in [1.165, 1.54) is 12.1 Å². The minimum absolute atomic E-state index is 0.0244. The summed E-state index contributed by atoms with van der Waals surface area (Å²) in [6, 6.07) is 18.0. The highest BCUT2D eigenvalue weighted by molar-refractivity contribution is 7.89. The zero-order valence-electron chi connectivity index (χ0n) is 16.9. The molecule has 0 fully saturated rings. The molecule has 30 heavy (non-hydrogen) atoms. The van der Waals surface area contributed by atoms with Gasteiger partial charge in [-0.15, -0.1) is 0 Å². The third-order valence-corrected chi connectivity index (χ3v) is 5.56. The van der Waals surface area contributed by atoms with E-state index in [0.717, 1.165) is 29.5 Å². The van der Waals surface area contributed by atoms with Crippen molar-refractivity contribution in [2.24, 2.45) is 5.14 Å². The lowest BCUT2D eigenvalue weighted by Crippen LogP contribution is -2.11. The summed E-state index contributed by atoms with van der Waals surface area (Å²) < 4.78 is 29.0. The minimum atomic E-state index is -3.79. The Balaban J connectivity index is 2.18. The van der Waals surface area contributed by atoms with Crippen molar-refractivity contribution in [3.8, 4) is 34.3 Å². The molecule has 3 rings (SSSR count). The number of pyridine rings is 1. The van der Waals surface area contributed by atoms with Crippen LogP contribution in [0, 0.1) is 18.3 Å². The van der Waals surface area contributed by atoms with Crippen LogP contribution in [0.2, 0.25) is 0 Å². The molecule has 2 N–H and O–H groups in total. The highest BCUT2D eigenvalue weighted by Gasteiger charge is 2.17. The maximum absolute atomic E-state index is 11.6. The highest BCUT2D eigenvalue weighted by Crippen LogP contribution is 2.35. The number of nitriles is 1. The molecular formula is C23H23N3O3S. The molecule has 0 saturated heterocycles. The summed E-state index contributed by atoms with van der Waals surface area (Å²) in [5, 5.41) is 14.8. The molecule has 3 aromatic rings. The number of hydrogen-bond acceptors (Lipinski definition) is 5. The van der Waals surface area contributed by atoms with Crippen LogP contribution in [0.15, 0.2) is 59.5 Å². The molecule has 154 valence electrons. The molecule has 0 radical (unpaired) electrons. The van der Waals surface area contributed by atoms with Crippen LogP contribution in [0.1, 0.15) is 30.9 Å². The van der Waals surface area contributed by atoms with Crippen molar-refractivity contribution in [2.45, 2.75) is 31.6 Å². The Morgan fingerprint density at radius 3 is 2.43 bits per heavy atom. The van der Waals surface area contributed by atoms with E-state index in [9.17, 15) is 13.7 Å². The van der Waals surface area contributed by atoms with Gasteiger partial charge < -0.3 is 4.74 Å². The molecule has 0 unspecified atom stereocenters. The van der Waals surface area contributed by atoms with Crippen LogP contribution < -0.4 is 9.88 Å². The molecule has 0 saturated carbocycles. The van der Waals surface area contributed by atoms with Crippen LogP contribution in [0.5, 0.6) is 5.88 Å². The molecule has 2 aromatic carbocycles. The number of ether oxygens (including phenoxy) is 1. The number of aromatic nitrogens is 1. The lowest BCUT2D eigenvalue weighted by molar-refractivity contribution is 0.297. The molecule has 1 aromatic heterocycles. The first-order chi connectivity index (χ1) is 14.3. The molecule has 0 aliphatic carbocycles. The zero-order chi connectivity index (χ0) is 21.7. The number of aryl methyl sites for hydroxylation is 1. The molecule has 0 bridgehead atoms. The normalized spacial score (nSPS) is 11.1. The summed E-state index contributed by atoms with van der Waals surface area (Å²) >= 11 is 0. The van der Waals surface area contributed by atoms with E-state index < -0.39 is 10.0 Å². The summed E-state index contributed by atoms with van der Waals surface area (Å²) in [4.78, 5) is 4.71. The number of nitrogens with two attached hydrogens (primary N) is 1. The van der Waals surface area contributed by atoms with Gasteiger partial charge in [-0.1, -0.05) is 49.2 Å². The molecule has 0 spiro atoms. The maximum atomic E-state index is 11.6. The lowest BCUT2D eigenvalue weighted by Gasteiger charge is -2.14. The van der Waals surface area contributed by atoms with Crippen LogP contribution in [0.25, 0.3) is 22.4 Å². The fraction of sp³-hybridized carbons (Fsp3) is 0.217. The van der Waals surface area contributed by atoms with Gasteiger partial charge in [0.15, 0.2) is 0 Å².